The number of thioether (sulfide) groups is 1. The molecule has 152 valence electrons. The molecule has 1 fully saturated rings. The van der Waals surface area contributed by atoms with Crippen molar-refractivity contribution in [1.82, 2.24) is 19.7 Å². The quantitative estimate of drug-likeness (QED) is 0.435. The van der Waals surface area contributed by atoms with Gasteiger partial charge in [-0.1, -0.05) is 30.0 Å². The molecule has 0 radical (unpaired) electrons. The highest BCUT2D eigenvalue weighted by atomic mass is 32.2. The van der Waals surface area contributed by atoms with Crippen LogP contribution in [0, 0.1) is 0 Å². The summed E-state index contributed by atoms with van der Waals surface area (Å²) in [5, 5.41) is 8.43. The Kier molecular flexibility index (Phi) is 4.92. The van der Waals surface area contributed by atoms with Crippen LogP contribution in [0.25, 0.3) is 16.7 Å². The fourth-order valence-electron chi connectivity index (χ4n) is 3.31. The van der Waals surface area contributed by atoms with Gasteiger partial charge < -0.3 is 15.0 Å². The van der Waals surface area contributed by atoms with Crippen LogP contribution >= 0.6 is 11.8 Å². The molecule has 0 bridgehead atoms. The van der Waals surface area contributed by atoms with E-state index < -0.39 is 0 Å². The minimum atomic E-state index is -0.0996. The van der Waals surface area contributed by atoms with Gasteiger partial charge in [-0.25, -0.2) is 9.67 Å². The highest BCUT2D eigenvalue weighted by Gasteiger charge is 2.28. The second-order valence-electron chi connectivity index (χ2n) is 7.24. The number of imidazole rings is 1. The molecule has 2 heterocycles. The molecule has 0 atom stereocenters. The van der Waals surface area contributed by atoms with Gasteiger partial charge in [-0.15, -0.1) is 0 Å². The molecular weight excluding hydrogens is 398 g/mol. The van der Waals surface area contributed by atoms with Crippen LogP contribution in [0.2, 0.25) is 0 Å². The predicted octanol–water partition coefficient (Wildman–Crippen LogP) is 4.37. The van der Waals surface area contributed by atoms with Crippen LogP contribution in [-0.4, -0.2) is 38.5 Å². The molecule has 0 spiro atoms. The molecule has 5 rings (SSSR count). The van der Waals surface area contributed by atoms with Crippen LogP contribution in [0.3, 0.4) is 0 Å². The maximum absolute atomic E-state index is 12.6. The van der Waals surface area contributed by atoms with E-state index in [0.29, 0.717) is 16.9 Å². The number of carbonyl (C=O) groups is 1. The first-order valence-corrected chi connectivity index (χ1v) is 10.8. The van der Waals surface area contributed by atoms with Crippen LogP contribution in [0.5, 0.6) is 5.75 Å². The number of aromatic amines is 1. The second kappa shape index (κ2) is 7.87. The number of H-pyrrole nitrogens is 1. The van der Waals surface area contributed by atoms with Gasteiger partial charge in [0.05, 0.1) is 35.3 Å². The molecule has 2 N–H and O–H groups in total. The topological polar surface area (TPSA) is 84.8 Å². The van der Waals surface area contributed by atoms with Gasteiger partial charge >= 0.3 is 0 Å². The molecule has 2 aromatic carbocycles. The van der Waals surface area contributed by atoms with Crippen molar-refractivity contribution >= 4 is 34.5 Å². The normalized spacial score (nSPS) is 13.5. The van der Waals surface area contributed by atoms with Gasteiger partial charge in [0.2, 0.25) is 5.91 Å². The van der Waals surface area contributed by atoms with E-state index in [1.807, 2.05) is 59.3 Å². The van der Waals surface area contributed by atoms with E-state index in [0.717, 1.165) is 41.0 Å². The summed E-state index contributed by atoms with van der Waals surface area (Å²) in [5.41, 5.74) is 3.69. The highest BCUT2D eigenvalue weighted by Crippen LogP contribution is 2.40. The maximum atomic E-state index is 12.6. The predicted molar refractivity (Wildman–Crippen MR) is 118 cm³/mol. The van der Waals surface area contributed by atoms with Crippen LogP contribution in [0.1, 0.15) is 24.5 Å². The van der Waals surface area contributed by atoms with Gasteiger partial charge in [-0.2, -0.15) is 5.10 Å². The zero-order valence-corrected chi connectivity index (χ0v) is 17.3. The Bertz CT molecular complexity index is 1200. The lowest BCUT2D eigenvalue weighted by Gasteiger charge is -2.08. The lowest BCUT2D eigenvalue weighted by atomic mass is 10.3. The average Bonchev–Trinajstić information content (AvgIpc) is 3.41. The van der Waals surface area contributed by atoms with E-state index in [4.69, 9.17) is 9.84 Å². The monoisotopic (exact) mass is 419 g/mol. The SMILES string of the molecule is COc1ccc2nc(SCC(=O)Nc3cc(C4CC4)nn3-c3ccccc3)[nH]c2c1. The van der Waals surface area contributed by atoms with Crippen molar-refractivity contribution in [3.63, 3.8) is 0 Å². The first-order valence-electron chi connectivity index (χ1n) is 9.81. The molecular formula is C22H21N5O2S. The molecule has 4 aromatic rings. The Hall–Kier alpha value is -3.26. The average molecular weight is 420 g/mol. The first kappa shape index (κ1) is 18.7. The van der Waals surface area contributed by atoms with E-state index in [9.17, 15) is 4.79 Å². The number of nitrogens with zero attached hydrogens (tertiary/aromatic N) is 3. The number of methoxy groups -OCH3 is 1. The Balaban J connectivity index is 1.30. The number of rotatable bonds is 7. The van der Waals surface area contributed by atoms with Crippen molar-refractivity contribution < 1.29 is 9.53 Å². The number of fused-ring (bicyclic) bond motifs is 1. The maximum Gasteiger partial charge on any atom is 0.236 e. The zero-order valence-electron chi connectivity index (χ0n) is 16.5. The molecule has 0 saturated heterocycles. The summed E-state index contributed by atoms with van der Waals surface area (Å²) < 4.78 is 7.05. The number of amides is 1. The number of carbonyl (C=O) groups excluding carboxylic acids is 1. The Morgan fingerprint density at radius 1 is 1.23 bits per heavy atom. The summed E-state index contributed by atoms with van der Waals surface area (Å²) in [4.78, 5) is 20.4. The van der Waals surface area contributed by atoms with Gasteiger partial charge in [-0.3, -0.25) is 4.79 Å². The molecule has 0 unspecified atom stereocenters. The Morgan fingerprint density at radius 3 is 2.83 bits per heavy atom. The van der Waals surface area contributed by atoms with Gasteiger partial charge in [-0.05, 0) is 37.1 Å². The number of para-hydroxylation sites is 1. The molecule has 1 saturated carbocycles. The number of hydrogen-bond acceptors (Lipinski definition) is 5. The van der Waals surface area contributed by atoms with Gasteiger partial charge in [0.15, 0.2) is 5.16 Å². The zero-order chi connectivity index (χ0) is 20.5. The summed E-state index contributed by atoms with van der Waals surface area (Å²) in [6.07, 6.45) is 2.32. The minimum absolute atomic E-state index is 0.0996. The Labute approximate surface area is 177 Å². The largest absolute Gasteiger partial charge is 0.497 e. The second-order valence-corrected chi connectivity index (χ2v) is 8.20. The summed E-state index contributed by atoms with van der Waals surface area (Å²) in [6.45, 7) is 0. The number of aromatic nitrogens is 4. The molecule has 8 heteroatoms. The van der Waals surface area contributed by atoms with Crippen LogP contribution < -0.4 is 10.1 Å². The highest BCUT2D eigenvalue weighted by molar-refractivity contribution is 7.99. The van der Waals surface area contributed by atoms with E-state index in [1.165, 1.54) is 11.8 Å². The van der Waals surface area contributed by atoms with Crippen molar-refractivity contribution in [2.24, 2.45) is 0 Å². The smallest absolute Gasteiger partial charge is 0.236 e. The number of nitrogens with one attached hydrogen (secondary N) is 2. The molecule has 2 aromatic heterocycles. The molecule has 1 amide bonds. The third-order valence-corrected chi connectivity index (χ3v) is 5.87. The van der Waals surface area contributed by atoms with Crippen molar-refractivity contribution in [3.8, 4) is 11.4 Å². The molecule has 7 nitrogen and oxygen atoms in total. The molecule has 1 aliphatic rings. The standard InChI is InChI=1S/C22H21N5O2S/c1-29-16-9-10-17-19(11-16)24-22(23-17)30-13-21(28)25-20-12-18(14-7-8-14)26-27(20)15-5-3-2-4-6-15/h2-6,9-12,14H,7-8,13H2,1H3,(H,23,24)(H,25,28). The van der Waals surface area contributed by atoms with E-state index >= 15 is 0 Å². The van der Waals surface area contributed by atoms with Crippen LogP contribution in [0.15, 0.2) is 59.8 Å². The van der Waals surface area contributed by atoms with E-state index in [-0.39, 0.29) is 11.7 Å². The molecule has 1 aliphatic carbocycles. The van der Waals surface area contributed by atoms with Crippen molar-refractivity contribution in [3.05, 3.63) is 60.3 Å². The lowest BCUT2D eigenvalue weighted by molar-refractivity contribution is -0.113. The third kappa shape index (κ3) is 3.91. The summed E-state index contributed by atoms with van der Waals surface area (Å²) >= 11 is 1.36. The molecule has 0 aliphatic heterocycles. The van der Waals surface area contributed by atoms with E-state index in [1.54, 1.807) is 7.11 Å². The number of anilines is 1. The number of ether oxygens (including phenoxy) is 1. The fourth-order valence-corrected chi connectivity index (χ4v) is 3.99. The van der Waals surface area contributed by atoms with Crippen molar-refractivity contribution in [2.45, 2.75) is 23.9 Å². The Morgan fingerprint density at radius 2 is 2.07 bits per heavy atom. The molecule has 30 heavy (non-hydrogen) atoms. The fraction of sp³-hybridized carbons (Fsp3) is 0.227. The summed E-state index contributed by atoms with van der Waals surface area (Å²) in [6, 6.07) is 17.5. The number of benzene rings is 2. The van der Waals surface area contributed by atoms with E-state index in [2.05, 4.69) is 15.3 Å². The van der Waals surface area contributed by atoms with Gasteiger partial charge in [0.1, 0.15) is 11.6 Å². The van der Waals surface area contributed by atoms with Crippen LogP contribution in [-0.2, 0) is 4.79 Å². The lowest BCUT2D eigenvalue weighted by Crippen LogP contribution is -2.17. The summed E-state index contributed by atoms with van der Waals surface area (Å²) in [5.74, 6) is 2.12. The number of hydrogen-bond donors (Lipinski definition) is 2. The minimum Gasteiger partial charge on any atom is -0.497 e. The van der Waals surface area contributed by atoms with Gasteiger partial charge in [0, 0.05) is 18.1 Å². The van der Waals surface area contributed by atoms with Crippen molar-refractivity contribution in [2.75, 3.05) is 18.2 Å². The first-order chi connectivity index (χ1) is 14.7. The van der Waals surface area contributed by atoms with Gasteiger partial charge in [0.25, 0.3) is 0 Å². The van der Waals surface area contributed by atoms with Crippen LogP contribution in [0.4, 0.5) is 5.82 Å². The summed E-state index contributed by atoms with van der Waals surface area (Å²) in [7, 11) is 1.63. The third-order valence-electron chi connectivity index (χ3n) is 5.00. The van der Waals surface area contributed by atoms with Crippen molar-refractivity contribution in [1.29, 1.82) is 0 Å².